The maximum atomic E-state index is 13.3. The fourth-order valence-corrected chi connectivity index (χ4v) is 5.84. The van der Waals surface area contributed by atoms with Crippen LogP contribution in [0.15, 0.2) is 42.5 Å². The highest BCUT2D eigenvalue weighted by atomic mass is 32.2. The summed E-state index contributed by atoms with van der Waals surface area (Å²) in [6.45, 7) is 4.00. The lowest BCUT2D eigenvalue weighted by molar-refractivity contribution is 0.255. The Kier molecular flexibility index (Phi) is 4.14. The molecule has 2 aromatic rings. The van der Waals surface area contributed by atoms with Crippen molar-refractivity contribution in [1.29, 1.82) is 0 Å². The van der Waals surface area contributed by atoms with Crippen molar-refractivity contribution in [2.75, 3.05) is 28.4 Å². The molecule has 2 fully saturated rings. The third-order valence-corrected chi connectivity index (χ3v) is 7.19. The predicted octanol–water partition coefficient (Wildman–Crippen LogP) is 2.92. The summed E-state index contributed by atoms with van der Waals surface area (Å²) in [5, 5.41) is 0. The van der Waals surface area contributed by atoms with Gasteiger partial charge in [0.05, 0.1) is 30.7 Å². The Morgan fingerprint density at radius 1 is 0.889 bits per heavy atom. The first-order valence-corrected chi connectivity index (χ1v) is 10.7. The number of ether oxygens (including phenoxy) is 1. The smallest absolute Gasteiger partial charge is 0.329 e. The van der Waals surface area contributed by atoms with Gasteiger partial charge in [0.25, 0.3) is 0 Å². The molecule has 0 spiro atoms. The van der Waals surface area contributed by atoms with Crippen molar-refractivity contribution in [2.45, 2.75) is 25.9 Å². The van der Waals surface area contributed by atoms with Gasteiger partial charge in [-0.15, -0.1) is 0 Å². The summed E-state index contributed by atoms with van der Waals surface area (Å²) in [5.41, 5.74) is 3.62. The van der Waals surface area contributed by atoms with E-state index >= 15 is 0 Å². The summed E-state index contributed by atoms with van der Waals surface area (Å²) in [6.07, 6.45) is 0. The number of urea groups is 1. The molecular weight excluding hydrogens is 364 g/mol. The molecule has 2 aliphatic heterocycles. The summed E-state index contributed by atoms with van der Waals surface area (Å²) in [4.78, 5) is 16.6. The number of aryl methyl sites for hydroxylation is 2. The van der Waals surface area contributed by atoms with Gasteiger partial charge >= 0.3 is 6.03 Å². The van der Waals surface area contributed by atoms with Crippen LogP contribution in [-0.4, -0.2) is 45.1 Å². The van der Waals surface area contributed by atoms with Crippen LogP contribution >= 0.6 is 0 Å². The molecule has 2 heterocycles. The predicted molar refractivity (Wildman–Crippen MR) is 105 cm³/mol. The number of methoxy groups -OCH3 is 1. The van der Waals surface area contributed by atoms with E-state index in [0.717, 1.165) is 16.8 Å². The fraction of sp³-hybridized carbons (Fsp3) is 0.350. The van der Waals surface area contributed by atoms with E-state index in [1.807, 2.05) is 32.0 Å². The fourth-order valence-electron chi connectivity index (χ4n) is 3.93. The van der Waals surface area contributed by atoms with Crippen molar-refractivity contribution in [2.24, 2.45) is 0 Å². The minimum atomic E-state index is -3.20. The van der Waals surface area contributed by atoms with E-state index in [1.165, 1.54) is 0 Å². The zero-order chi connectivity index (χ0) is 19.3. The van der Waals surface area contributed by atoms with E-state index in [9.17, 15) is 13.2 Å². The van der Waals surface area contributed by atoms with Crippen molar-refractivity contribution < 1.29 is 17.9 Å². The number of hydrogen-bond donors (Lipinski definition) is 0. The number of benzene rings is 2. The molecule has 0 aliphatic carbocycles. The molecule has 2 saturated heterocycles. The first-order chi connectivity index (χ1) is 12.8. The van der Waals surface area contributed by atoms with Crippen molar-refractivity contribution in [3.63, 3.8) is 0 Å². The number of hydrogen-bond acceptors (Lipinski definition) is 4. The summed E-state index contributed by atoms with van der Waals surface area (Å²) in [6, 6.07) is 12.0. The number of sulfone groups is 1. The molecule has 0 aromatic heterocycles. The Balaban J connectivity index is 1.78. The number of anilines is 2. The van der Waals surface area contributed by atoms with Gasteiger partial charge in [0.2, 0.25) is 0 Å². The molecular formula is C20H22N2O4S. The monoisotopic (exact) mass is 386 g/mol. The van der Waals surface area contributed by atoms with Crippen LogP contribution in [0.5, 0.6) is 5.75 Å². The first-order valence-electron chi connectivity index (χ1n) is 8.85. The van der Waals surface area contributed by atoms with Crippen LogP contribution in [0.1, 0.15) is 11.1 Å². The summed E-state index contributed by atoms with van der Waals surface area (Å²) in [5.74, 6) is 0.659. The molecule has 27 heavy (non-hydrogen) atoms. The van der Waals surface area contributed by atoms with Crippen molar-refractivity contribution >= 4 is 27.2 Å². The molecule has 0 N–H and O–H groups in total. The third-order valence-electron chi connectivity index (χ3n) is 5.49. The van der Waals surface area contributed by atoms with Gasteiger partial charge < -0.3 is 4.74 Å². The average Bonchev–Trinajstić information content (AvgIpc) is 3.06. The normalized spacial score (nSPS) is 23.6. The molecule has 6 nitrogen and oxygen atoms in total. The lowest BCUT2D eigenvalue weighted by atomic mass is 10.1. The van der Waals surface area contributed by atoms with Crippen LogP contribution in [0.4, 0.5) is 16.2 Å². The topological polar surface area (TPSA) is 66.9 Å². The third kappa shape index (κ3) is 2.96. The van der Waals surface area contributed by atoms with E-state index in [2.05, 4.69) is 0 Å². The molecule has 2 aliphatic rings. The highest BCUT2D eigenvalue weighted by Gasteiger charge is 2.54. The number of amides is 2. The lowest BCUT2D eigenvalue weighted by Gasteiger charge is -2.23. The van der Waals surface area contributed by atoms with Gasteiger partial charge in [0.1, 0.15) is 5.75 Å². The zero-order valence-electron chi connectivity index (χ0n) is 15.5. The maximum absolute atomic E-state index is 13.3. The number of carbonyl (C=O) groups excluding carboxylic acids is 1. The standard InChI is InChI=1S/C20H22N2O4S/c1-13-4-5-16(10-14(13)2)22-19-12-27(24,25)11-18(19)21(20(22)23)15-6-8-17(26-3)9-7-15/h4-10,18-19H,11-12H2,1-3H3/t18-,19-/m0/s1. The Morgan fingerprint density at radius 3 is 2.00 bits per heavy atom. The Bertz CT molecular complexity index is 1000. The van der Waals surface area contributed by atoms with Gasteiger partial charge in [0, 0.05) is 11.4 Å². The van der Waals surface area contributed by atoms with Gasteiger partial charge in [-0.05, 0) is 61.4 Å². The summed E-state index contributed by atoms with van der Waals surface area (Å²) >= 11 is 0. The molecule has 0 unspecified atom stereocenters. The van der Waals surface area contributed by atoms with Gasteiger partial charge in [-0.3, -0.25) is 9.80 Å². The minimum Gasteiger partial charge on any atom is -0.497 e. The van der Waals surface area contributed by atoms with Crippen LogP contribution in [0.25, 0.3) is 0 Å². The Morgan fingerprint density at radius 2 is 1.44 bits per heavy atom. The number of nitrogens with zero attached hydrogens (tertiary/aromatic N) is 2. The van der Waals surface area contributed by atoms with Gasteiger partial charge in [0.15, 0.2) is 9.84 Å². The first kappa shape index (κ1) is 17.9. The summed E-state index contributed by atoms with van der Waals surface area (Å²) in [7, 11) is -1.62. The van der Waals surface area contributed by atoms with Crippen molar-refractivity contribution in [3.05, 3.63) is 53.6 Å². The number of carbonyl (C=O) groups is 1. The molecule has 7 heteroatoms. The van der Waals surface area contributed by atoms with E-state index in [4.69, 9.17) is 4.74 Å². The van der Waals surface area contributed by atoms with E-state index in [0.29, 0.717) is 11.4 Å². The second-order valence-corrected chi connectivity index (χ2v) is 9.35. The quantitative estimate of drug-likeness (QED) is 0.761. The zero-order valence-corrected chi connectivity index (χ0v) is 16.4. The number of fused-ring (bicyclic) bond motifs is 1. The van der Waals surface area contributed by atoms with Gasteiger partial charge in [-0.25, -0.2) is 13.2 Å². The lowest BCUT2D eigenvalue weighted by Crippen LogP contribution is -2.37. The molecule has 0 radical (unpaired) electrons. The van der Waals surface area contributed by atoms with Crippen LogP contribution in [0.2, 0.25) is 0 Å². The van der Waals surface area contributed by atoms with Crippen molar-refractivity contribution in [1.82, 2.24) is 0 Å². The second-order valence-electron chi connectivity index (χ2n) is 7.20. The molecule has 0 saturated carbocycles. The largest absolute Gasteiger partial charge is 0.497 e. The van der Waals surface area contributed by atoms with E-state index in [-0.39, 0.29) is 23.6 Å². The SMILES string of the molecule is COc1ccc(N2C(=O)N(c3ccc(C)c(C)c3)[C@H]3CS(=O)(=O)C[C@@H]32)cc1. The van der Waals surface area contributed by atoms with Crippen LogP contribution < -0.4 is 14.5 Å². The highest BCUT2D eigenvalue weighted by molar-refractivity contribution is 7.91. The molecule has 4 rings (SSSR count). The van der Waals surface area contributed by atoms with Crippen LogP contribution in [0, 0.1) is 13.8 Å². The second kappa shape index (κ2) is 6.27. The van der Waals surface area contributed by atoms with E-state index < -0.39 is 15.9 Å². The molecule has 2 amide bonds. The molecule has 0 bridgehead atoms. The molecule has 142 valence electrons. The highest BCUT2D eigenvalue weighted by Crippen LogP contribution is 2.38. The van der Waals surface area contributed by atoms with Crippen molar-refractivity contribution in [3.8, 4) is 5.75 Å². The maximum Gasteiger partial charge on any atom is 0.329 e. The number of rotatable bonds is 3. The summed E-state index contributed by atoms with van der Waals surface area (Å²) < 4.78 is 29.9. The average molecular weight is 386 g/mol. The van der Waals surface area contributed by atoms with E-state index in [1.54, 1.807) is 41.2 Å². The molecule has 2 aromatic carbocycles. The Labute approximate surface area is 159 Å². The van der Waals surface area contributed by atoms with Crippen LogP contribution in [-0.2, 0) is 9.84 Å². The Hall–Kier alpha value is -2.54. The van der Waals surface area contributed by atoms with Crippen LogP contribution in [0.3, 0.4) is 0 Å². The minimum absolute atomic E-state index is 0.0109. The van der Waals surface area contributed by atoms with Gasteiger partial charge in [-0.1, -0.05) is 6.07 Å². The molecule has 2 atom stereocenters. The van der Waals surface area contributed by atoms with Gasteiger partial charge in [-0.2, -0.15) is 0 Å².